The van der Waals surface area contributed by atoms with Crippen LogP contribution in [0, 0.1) is 0 Å². The van der Waals surface area contributed by atoms with E-state index in [1.165, 1.54) is 21.5 Å². The van der Waals surface area contributed by atoms with Crippen molar-refractivity contribution in [3.8, 4) is 10.7 Å². The van der Waals surface area contributed by atoms with E-state index in [-0.39, 0.29) is 0 Å². The molecule has 18 heavy (non-hydrogen) atoms. The van der Waals surface area contributed by atoms with Gasteiger partial charge in [0.05, 0.1) is 4.88 Å². The zero-order valence-corrected chi connectivity index (χ0v) is 10.6. The third-order valence-electron chi connectivity index (χ3n) is 3.18. The molecular weight excluding hydrogens is 252 g/mol. The van der Waals surface area contributed by atoms with Gasteiger partial charge in [0.1, 0.15) is 0 Å². The van der Waals surface area contributed by atoms with Crippen LogP contribution in [0.3, 0.4) is 0 Å². The van der Waals surface area contributed by atoms with Gasteiger partial charge in [0.15, 0.2) is 11.9 Å². The Kier molecular flexibility index (Phi) is 2.62. The highest BCUT2D eigenvalue weighted by molar-refractivity contribution is 7.15. The third kappa shape index (κ3) is 1.71. The molecule has 0 radical (unpaired) electrons. The summed E-state index contributed by atoms with van der Waals surface area (Å²) in [6, 6.07) is 1.33. The van der Waals surface area contributed by atoms with Crippen LogP contribution >= 0.6 is 11.3 Å². The van der Waals surface area contributed by atoms with E-state index >= 15 is 0 Å². The Morgan fingerprint density at radius 2 is 2.39 bits per heavy atom. The number of aromatic nitrogens is 4. The maximum absolute atomic E-state index is 11.0. The van der Waals surface area contributed by atoms with E-state index in [1.807, 2.05) is 0 Å². The number of rotatable bonds is 3. The number of fused-ring (bicyclic) bond motifs is 1. The molecule has 1 N–H and O–H groups in total. The Balaban J connectivity index is 2.01. The van der Waals surface area contributed by atoms with Crippen LogP contribution in [0.5, 0.6) is 0 Å². The quantitative estimate of drug-likeness (QED) is 0.909. The number of hydrogen-bond acceptors (Lipinski definition) is 5. The van der Waals surface area contributed by atoms with Gasteiger partial charge in [0.25, 0.3) is 0 Å². The number of aryl methyl sites for hydroxylation is 2. The van der Waals surface area contributed by atoms with Crippen LogP contribution in [-0.4, -0.2) is 31.3 Å². The molecular formula is C11H12N4O2S. The highest BCUT2D eigenvalue weighted by atomic mass is 32.1. The summed E-state index contributed by atoms with van der Waals surface area (Å²) in [6.07, 6.45) is 3.41. The van der Waals surface area contributed by atoms with Crippen LogP contribution in [0.25, 0.3) is 10.7 Å². The largest absolute Gasteiger partial charge is 0.480 e. The van der Waals surface area contributed by atoms with Crippen molar-refractivity contribution in [3.05, 3.63) is 16.5 Å². The van der Waals surface area contributed by atoms with Crippen molar-refractivity contribution >= 4 is 17.3 Å². The number of hydrogen-bond donors (Lipinski definition) is 1. The number of carboxylic acid groups (broad SMARTS) is 1. The maximum atomic E-state index is 11.0. The fraction of sp³-hybridized carbons (Fsp3) is 0.455. The fourth-order valence-electron chi connectivity index (χ4n) is 2.16. The molecule has 2 aromatic rings. The molecule has 6 nitrogen and oxygen atoms in total. The smallest absolute Gasteiger partial charge is 0.328 e. The first kappa shape index (κ1) is 11.3. The average Bonchev–Trinajstić information content (AvgIpc) is 3.01. The van der Waals surface area contributed by atoms with E-state index in [0.717, 1.165) is 17.7 Å². The Hall–Kier alpha value is -1.76. The molecule has 94 valence electrons. The van der Waals surface area contributed by atoms with E-state index in [4.69, 9.17) is 5.11 Å². The first-order chi connectivity index (χ1) is 8.66. The van der Waals surface area contributed by atoms with Crippen LogP contribution in [0.1, 0.15) is 29.8 Å². The molecule has 1 aliphatic carbocycles. The van der Waals surface area contributed by atoms with Gasteiger partial charge in [-0.2, -0.15) is 0 Å². The highest BCUT2D eigenvalue weighted by Gasteiger charge is 2.23. The molecule has 1 atom stereocenters. The Morgan fingerprint density at radius 1 is 1.56 bits per heavy atom. The van der Waals surface area contributed by atoms with Crippen molar-refractivity contribution in [1.82, 2.24) is 20.2 Å². The van der Waals surface area contributed by atoms with Gasteiger partial charge in [-0.3, -0.25) is 0 Å². The Morgan fingerprint density at radius 3 is 3.11 bits per heavy atom. The number of carboxylic acids is 1. The van der Waals surface area contributed by atoms with E-state index in [9.17, 15) is 4.79 Å². The minimum Gasteiger partial charge on any atom is -0.480 e. The predicted octanol–water partition coefficient (Wildman–Crippen LogP) is 1.54. The second-order valence-corrected chi connectivity index (χ2v) is 5.51. The fourth-order valence-corrected chi connectivity index (χ4v) is 3.39. The van der Waals surface area contributed by atoms with Gasteiger partial charge in [-0.15, -0.1) is 16.4 Å². The number of thiophene rings is 1. The van der Waals surface area contributed by atoms with Crippen molar-refractivity contribution in [1.29, 1.82) is 0 Å². The molecule has 0 spiro atoms. The summed E-state index contributed by atoms with van der Waals surface area (Å²) in [5.74, 6) is -0.392. The summed E-state index contributed by atoms with van der Waals surface area (Å²) in [6.45, 7) is 1.57. The van der Waals surface area contributed by atoms with E-state index < -0.39 is 12.0 Å². The van der Waals surface area contributed by atoms with Gasteiger partial charge in [-0.25, -0.2) is 9.48 Å². The molecule has 0 fully saturated rings. The standard InChI is InChI=1S/C11H12N4O2S/c1-6(11(16)17)15-10(12-13-14-15)9-5-7-3-2-4-8(7)18-9/h5-6H,2-4H2,1H3,(H,16,17). The zero-order chi connectivity index (χ0) is 12.7. The molecule has 0 amide bonds. The van der Waals surface area contributed by atoms with E-state index in [0.29, 0.717) is 5.82 Å². The first-order valence-corrected chi connectivity index (χ1v) is 6.61. The first-order valence-electron chi connectivity index (χ1n) is 5.79. The highest BCUT2D eigenvalue weighted by Crippen LogP contribution is 2.35. The summed E-state index contributed by atoms with van der Waals surface area (Å²) >= 11 is 1.67. The van der Waals surface area contributed by atoms with Crippen molar-refractivity contribution in [3.63, 3.8) is 0 Å². The normalized spacial score (nSPS) is 15.6. The van der Waals surface area contributed by atoms with Crippen molar-refractivity contribution in [2.24, 2.45) is 0 Å². The molecule has 3 rings (SSSR count). The van der Waals surface area contributed by atoms with Crippen molar-refractivity contribution < 1.29 is 9.90 Å². The van der Waals surface area contributed by atoms with Crippen molar-refractivity contribution in [2.45, 2.75) is 32.2 Å². The molecule has 0 saturated carbocycles. The molecule has 2 heterocycles. The van der Waals surface area contributed by atoms with Crippen LogP contribution < -0.4 is 0 Å². The molecule has 0 bridgehead atoms. The Labute approximate surface area is 107 Å². The minimum absolute atomic E-state index is 0.546. The molecule has 0 aliphatic heterocycles. The van der Waals surface area contributed by atoms with Crippen molar-refractivity contribution in [2.75, 3.05) is 0 Å². The maximum Gasteiger partial charge on any atom is 0.328 e. The molecule has 1 unspecified atom stereocenters. The summed E-state index contributed by atoms with van der Waals surface area (Å²) in [4.78, 5) is 13.3. The van der Waals surface area contributed by atoms with E-state index in [2.05, 4.69) is 21.6 Å². The number of carbonyl (C=O) groups is 1. The van der Waals surface area contributed by atoms with E-state index in [1.54, 1.807) is 18.3 Å². The lowest BCUT2D eigenvalue weighted by Gasteiger charge is -2.07. The molecule has 2 aromatic heterocycles. The Bertz CT molecular complexity index is 582. The second kappa shape index (κ2) is 4.16. The van der Waals surface area contributed by atoms with Gasteiger partial charge in [-0.05, 0) is 48.2 Å². The summed E-state index contributed by atoms with van der Waals surface area (Å²) in [5.41, 5.74) is 1.35. The van der Waals surface area contributed by atoms with Crippen LogP contribution in [0.15, 0.2) is 6.07 Å². The van der Waals surface area contributed by atoms with Gasteiger partial charge < -0.3 is 5.11 Å². The second-order valence-electron chi connectivity index (χ2n) is 4.37. The van der Waals surface area contributed by atoms with Gasteiger partial charge in [0, 0.05) is 4.88 Å². The van der Waals surface area contributed by atoms with Gasteiger partial charge in [0.2, 0.25) is 0 Å². The minimum atomic E-state index is -0.937. The summed E-state index contributed by atoms with van der Waals surface area (Å²) < 4.78 is 1.36. The molecule has 0 saturated heterocycles. The van der Waals surface area contributed by atoms with Gasteiger partial charge >= 0.3 is 5.97 Å². The monoisotopic (exact) mass is 264 g/mol. The molecule has 1 aliphatic rings. The number of tetrazole rings is 1. The molecule has 0 aromatic carbocycles. The average molecular weight is 264 g/mol. The SMILES string of the molecule is CC(C(=O)O)n1nnnc1-c1cc2c(s1)CCC2. The number of aliphatic carboxylic acids is 1. The lowest BCUT2D eigenvalue weighted by atomic mass is 10.2. The van der Waals surface area contributed by atoms with Crippen LogP contribution in [-0.2, 0) is 17.6 Å². The zero-order valence-electron chi connectivity index (χ0n) is 9.83. The predicted molar refractivity (Wildman–Crippen MR) is 65.5 cm³/mol. The number of nitrogens with zero attached hydrogens (tertiary/aromatic N) is 4. The lowest BCUT2D eigenvalue weighted by Crippen LogP contribution is -2.17. The summed E-state index contributed by atoms with van der Waals surface area (Å²) in [7, 11) is 0. The molecule has 7 heteroatoms. The topological polar surface area (TPSA) is 80.9 Å². The summed E-state index contributed by atoms with van der Waals surface area (Å²) in [5, 5.41) is 20.3. The lowest BCUT2D eigenvalue weighted by molar-refractivity contribution is -0.140. The third-order valence-corrected chi connectivity index (χ3v) is 4.42. The van der Waals surface area contributed by atoms with Gasteiger partial charge in [-0.1, -0.05) is 0 Å². The van der Waals surface area contributed by atoms with Crippen LogP contribution in [0.4, 0.5) is 0 Å². The van der Waals surface area contributed by atoms with Crippen LogP contribution in [0.2, 0.25) is 0 Å².